The van der Waals surface area contributed by atoms with Gasteiger partial charge >= 0.3 is 5.97 Å². The van der Waals surface area contributed by atoms with Gasteiger partial charge in [-0.2, -0.15) is 5.10 Å². The van der Waals surface area contributed by atoms with E-state index in [2.05, 4.69) is 10.4 Å². The monoisotopic (exact) mass is 277 g/mol. The number of nitrogens with zero attached hydrogens (tertiary/aromatic N) is 2. The Labute approximate surface area is 115 Å². The molecule has 7 heteroatoms. The summed E-state index contributed by atoms with van der Waals surface area (Å²) in [5.41, 5.74) is 0. The van der Waals surface area contributed by atoms with Crippen LogP contribution in [-0.2, 0) is 9.53 Å². The first kappa shape index (κ1) is 13.9. The minimum Gasteiger partial charge on any atom is -0.457 e. The van der Waals surface area contributed by atoms with Crippen LogP contribution in [-0.4, -0.2) is 28.3 Å². The van der Waals surface area contributed by atoms with Crippen LogP contribution in [0.25, 0.3) is 0 Å². The Morgan fingerprint density at radius 1 is 1.45 bits per heavy atom. The molecule has 1 N–H and O–H groups in total. The van der Waals surface area contributed by atoms with Crippen LogP contribution in [0.2, 0.25) is 0 Å². The number of rotatable bonds is 5. The molecule has 0 saturated carbocycles. The van der Waals surface area contributed by atoms with Gasteiger partial charge in [-0.1, -0.05) is 0 Å². The van der Waals surface area contributed by atoms with Crippen molar-refractivity contribution in [3.63, 3.8) is 0 Å². The molecule has 106 valence electrons. The number of amides is 1. The third-order valence-corrected chi connectivity index (χ3v) is 2.48. The summed E-state index contributed by atoms with van der Waals surface area (Å²) < 4.78 is 11.3. The number of hydrogen-bond acceptors (Lipinski definition) is 5. The topological polar surface area (TPSA) is 86.4 Å². The molecule has 0 aliphatic rings. The Bertz CT molecular complexity index is 587. The molecule has 0 bridgehead atoms. The smallest absolute Gasteiger partial charge is 0.374 e. The van der Waals surface area contributed by atoms with E-state index >= 15 is 0 Å². The van der Waals surface area contributed by atoms with E-state index in [4.69, 9.17) is 9.15 Å². The van der Waals surface area contributed by atoms with Crippen LogP contribution in [0.15, 0.2) is 35.1 Å². The Kier molecular flexibility index (Phi) is 4.19. The van der Waals surface area contributed by atoms with E-state index in [9.17, 15) is 9.59 Å². The second kappa shape index (κ2) is 6.05. The Hall–Kier alpha value is -2.57. The van der Waals surface area contributed by atoms with Crippen LogP contribution in [0.1, 0.15) is 30.4 Å². The molecule has 0 aromatic carbocycles. The number of carbonyl (C=O) groups is 2. The number of aromatic nitrogens is 2. The van der Waals surface area contributed by atoms with Crippen molar-refractivity contribution in [1.29, 1.82) is 0 Å². The summed E-state index contributed by atoms with van der Waals surface area (Å²) in [5, 5.41) is 6.71. The number of carbonyl (C=O) groups excluding carboxylic acids is 2. The number of nitrogens with one attached hydrogen (secondary N) is 1. The highest BCUT2D eigenvalue weighted by atomic mass is 16.5. The molecule has 0 atom stereocenters. The minimum absolute atomic E-state index is 0.0602. The molecule has 7 nitrogen and oxygen atoms in total. The van der Waals surface area contributed by atoms with Gasteiger partial charge in [-0.25, -0.2) is 9.48 Å². The van der Waals surface area contributed by atoms with Gasteiger partial charge in [0.15, 0.2) is 6.61 Å². The SMILES string of the molecule is CC(C)n1nccc1NC(=O)COC(=O)c1ccco1. The maximum Gasteiger partial charge on any atom is 0.374 e. The molecular formula is C13H15N3O4. The van der Waals surface area contributed by atoms with E-state index < -0.39 is 11.9 Å². The first-order valence-corrected chi connectivity index (χ1v) is 6.12. The maximum atomic E-state index is 11.7. The normalized spacial score (nSPS) is 10.6. The summed E-state index contributed by atoms with van der Waals surface area (Å²) >= 11 is 0. The minimum atomic E-state index is -0.678. The van der Waals surface area contributed by atoms with Crippen molar-refractivity contribution in [1.82, 2.24) is 9.78 Å². The van der Waals surface area contributed by atoms with E-state index in [1.165, 1.54) is 12.3 Å². The Morgan fingerprint density at radius 2 is 2.25 bits per heavy atom. The summed E-state index contributed by atoms with van der Waals surface area (Å²) in [4.78, 5) is 23.2. The van der Waals surface area contributed by atoms with Crippen LogP contribution >= 0.6 is 0 Å². The number of hydrogen-bond donors (Lipinski definition) is 1. The van der Waals surface area contributed by atoms with Crippen molar-refractivity contribution in [2.24, 2.45) is 0 Å². The quantitative estimate of drug-likeness (QED) is 0.843. The lowest BCUT2D eigenvalue weighted by Gasteiger charge is -2.11. The standard InChI is InChI=1S/C13H15N3O4/c1-9(2)16-11(5-6-14-16)15-12(17)8-20-13(18)10-4-3-7-19-10/h3-7,9H,8H2,1-2H3,(H,15,17). The van der Waals surface area contributed by atoms with E-state index in [1.54, 1.807) is 23.0 Å². The van der Waals surface area contributed by atoms with Crippen LogP contribution in [0.4, 0.5) is 5.82 Å². The molecule has 20 heavy (non-hydrogen) atoms. The summed E-state index contributed by atoms with van der Waals surface area (Å²) in [7, 11) is 0. The van der Waals surface area contributed by atoms with Gasteiger partial charge in [0.2, 0.25) is 5.76 Å². The van der Waals surface area contributed by atoms with Crippen molar-refractivity contribution in [2.45, 2.75) is 19.9 Å². The second-order valence-electron chi connectivity index (χ2n) is 4.36. The van der Waals surface area contributed by atoms with Gasteiger partial charge in [-0.3, -0.25) is 4.79 Å². The summed E-state index contributed by atoms with van der Waals surface area (Å²) in [5.74, 6) is -0.501. The van der Waals surface area contributed by atoms with Crippen LogP contribution in [0, 0.1) is 0 Å². The van der Waals surface area contributed by atoms with Crippen molar-refractivity contribution in [3.8, 4) is 0 Å². The molecule has 0 unspecified atom stereocenters. The number of esters is 1. The predicted molar refractivity (Wildman–Crippen MR) is 70.2 cm³/mol. The maximum absolute atomic E-state index is 11.7. The molecule has 0 spiro atoms. The molecule has 2 aromatic rings. The molecule has 2 heterocycles. The van der Waals surface area contributed by atoms with E-state index in [1.807, 2.05) is 13.8 Å². The highest BCUT2D eigenvalue weighted by molar-refractivity contribution is 5.94. The fraction of sp³-hybridized carbons (Fsp3) is 0.308. The molecule has 0 aliphatic carbocycles. The number of ether oxygens (including phenoxy) is 1. The average molecular weight is 277 g/mol. The molecule has 0 saturated heterocycles. The summed E-state index contributed by atoms with van der Waals surface area (Å²) in [6.07, 6.45) is 2.95. The number of anilines is 1. The molecule has 1 amide bonds. The van der Waals surface area contributed by atoms with Gasteiger partial charge in [-0.15, -0.1) is 0 Å². The second-order valence-corrected chi connectivity index (χ2v) is 4.36. The van der Waals surface area contributed by atoms with E-state index in [0.29, 0.717) is 5.82 Å². The zero-order chi connectivity index (χ0) is 14.5. The van der Waals surface area contributed by atoms with Gasteiger partial charge in [0, 0.05) is 12.1 Å². The third-order valence-electron chi connectivity index (χ3n) is 2.48. The Balaban J connectivity index is 1.87. The molecule has 2 aromatic heterocycles. The molecule has 0 radical (unpaired) electrons. The zero-order valence-corrected chi connectivity index (χ0v) is 11.2. The van der Waals surface area contributed by atoms with Gasteiger partial charge in [0.1, 0.15) is 5.82 Å². The van der Waals surface area contributed by atoms with Gasteiger partial charge < -0.3 is 14.5 Å². The average Bonchev–Trinajstić information content (AvgIpc) is 3.06. The molecule has 0 fully saturated rings. The molecule has 2 rings (SSSR count). The van der Waals surface area contributed by atoms with Gasteiger partial charge in [-0.05, 0) is 26.0 Å². The third kappa shape index (κ3) is 3.25. The highest BCUT2D eigenvalue weighted by Gasteiger charge is 2.14. The van der Waals surface area contributed by atoms with Gasteiger partial charge in [0.05, 0.1) is 12.5 Å². The first-order valence-electron chi connectivity index (χ1n) is 6.12. The Morgan fingerprint density at radius 3 is 2.90 bits per heavy atom. The lowest BCUT2D eigenvalue weighted by molar-refractivity contribution is -0.119. The van der Waals surface area contributed by atoms with Crippen molar-refractivity contribution >= 4 is 17.7 Å². The fourth-order valence-electron chi connectivity index (χ4n) is 1.60. The van der Waals surface area contributed by atoms with Crippen molar-refractivity contribution in [3.05, 3.63) is 36.4 Å². The van der Waals surface area contributed by atoms with Crippen LogP contribution in [0.5, 0.6) is 0 Å². The summed E-state index contributed by atoms with van der Waals surface area (Å²) in [6, 6.07) is 4.82. The van der Waals surface area contributed by atoms with E-state index in [-0.39, 0.29) is 18.4 Å². The lowest BCUT2D eigenvalue weighted by atomic mass is 10.4. The number of furan rings is 1. The summed E-state index contributed by atoms with van der Waals surface area (Å²) in [6.45, 7) is 3.50. The predicted octanol–water partition coefficient (Wildman–Crippen LogP) is 1.85. The van der Waals surface area contributed by atoms with Crippen molar-refractivity contribution < 1.29 is 18.7 Å². The highest BCUT2D eigenvalue weighted by Crippen LogP contribution is 2.12. The first-order chi connectivity index (χ1) is 9.58. The van der Waals surface area contributed by atoms with E-state index in [0.717, 1.165) is 0 Å². The van der Waals surface area contributed by atoms with Gasteiger partial charge in [0.25, 0.3) is 5.91 Å². The molecule has 0 aliphatic heterocycles. The van der Waals surface area contributed by atoms with Crippen LogP contribution in [0.3, 0.4) is 0 Å². The van der Waals surface area contributed by atoms with Crippen molar-refractivity contribution in [2.75, 3.05) is 11.9 Å². The zero-order valence-electron chi connectivity index (χ0n) is 11.2. The lowest BCUT2D eigenvalue weighted by Crippen LogP contribution is -2.22. The fourth-order valence-corrected chi connectivity index (χ4v) is 1.60. The van der Waals surface area contributed by atoms with Crippen LogP contribution < -0.4 is 5.32 Å². The largest absolute Gasteiger partial charge is 0.457 e. The molecular weight excluding hydrogens is 262 g/mol.